The van der Waals surface area contributed by atoms with Crippen LogP contribution >= 0.6 is 0 Å². The Kier molecular flexibility index (Phi) is 4.42. The van der Waals surface area contributed by atoms with Crippen molar-refractivity contribution in [1.29, 1.82) is 0 Å². The Bertz CT molecular complexity index is 743. The Hall–Kier alpha value is -3.02. The number of benzene rings is 2. The number of fused-ring (bicyclic) bond motifs is 1. The fourth-order valence-corrected chi connectivity index (χ4v) is 2.15. The van der Waals surface area contributed by atoms with Crippen LogP contribution in [-0.4, -0.2) is 25.5 Å². The number of ether oxygens (including phenoxy) is 3. The largest absolute Gasteiger partial charge is 0.493 e. The normalized spacial score (nSPS) is 12.4. The monoisotopic (exact) mass is 312 g/mol. The summed E-state index contributed by atoms with van der Waals surface area (Å²) in [4.78, 5) is 12.2. The van der Waals surface area contributed by atoms with E-state index in [0.717, 1.165) is 5.56 Å². The molecule has 0 aromatic heterocycles. The van der Waals surface area contributed by atoms with Crippen molar-refractivity contribution in [2.24, 2.45) is 5.10 Å². The first-order valence-corrected chi connectivity index (χ1v) is 7.23. The molecule has 6 heteroatoms. The van der Waals surface area contributed by atoms with Crippen LogP contribution in [0, 0.1) is 0 Å². The average molecular weight is 312 g/mol. The Morgan fingerprint density at radius 1 is 1.26 bits per heavy atom. The number of carbonyl (C=O) groups excluding carboxylic acids is 1. The van der Waals surface area contributed by atoms with Crippen molar-refractivity contribution in [3.63, 3.8) is 0 Å². The van der Waals surface area contributed by atoms with Gasteiger partial charge in [0.2, 0.25) is 6.79 Å². The summed E-state index contributed by atoms with van der Waals surface area (Å²) in [7, 11) is 0. The molecule has 3 rings (SSSR count). The van der Waals surface area contributed by atoms with Crippen molar-refractivity contribution in [3.8, 4) is 17.2 Å². The molecule has 0 radical (unpaired) electrons. The fraction of sp³-hybridized carbons (Fsp3) is 0.176. The standard InChI is InChI=1S/C17H16N2O4/c1-2-21-14-6-4-3-5-13(14)17(20)19-18-10-12-7-8-15-16(9-12)23-11-22-15/h3-10H,2,11H2,1H3,(H,19,20). The summed E-state index contributed by atoms with van der Waals surface area (Å²) in [6, 6.07) is 12.5. The molecular weight excluding hydrogens is 296 g/mol. The summed E-state index contributed by atoms with van der Waals surface area (Å²) in [5.41, 5.74) is 3.73. The summed E-state index contributed by atoms with van der Waals surface area (Å²) in [5.74, 6) is 1.58. The lowest BCUT2D eigenvalue weighted by molar-refractivity contribution is 0.0951. The maximum Gasteiger partial charge on any atom is 0.275 e. The molecule has 0 spiro atoms. The van der Waals surface area contributed by atoms with Crippen LogP contribution in [0.15, 0.2) is 47.6 Å². The molecule has 1 aliphatic heterocycles. The van der Waals surface area contributed by atoms with Crippen molar-refractivity contribution in [2.75, 3.05) is 13.4 Å². The average Bonchev–Trinajstić information content (AvgIpc) is 3.03. The molecule has 1 aliphatic rings. The first-order valence-electron chi connectivity index (χ1n) is 7.23. The number of carbonyl (C=O) groups is 1. The zero-order chi connectivity index (χ0) is 16.1. The Balaban J connectivity index is 1.67. The summed E-state index contributed by atoms with van der Waals surface area (Å²) >= 11 is 0. The highest BCUT2D eigenvalue weighted by Crippen LogP contribution is 2.31. The second-order valence-electron chi connectivity index (χ2n) is 4.74. The topological polar surface area (TPSA) is 69.2 Å². The van der Waals surface area contributed by atoms with E-state index in [2.05, 4.69) is 10.5 Å². The van der Waals surface area contributed by atoms with Gasteiger partial charge >= 0.3 is 0 Å². The van der Waals surface area contributed by atoms with Crippen LogP contribution in [0.2, 0.25) is 0 Å². The van der Waals surface area contributed by atoms with Crippen LogP contribution in [0.5, 0.6) is 17.2 Å². The number of hydrogen-bond donors (Lipinski definition) is 1. The Morgan fingerprint density at radius 3 is 2.96 bits per heavy atom. The predicted octanol–water partition coefficient (Wildman–Crippen LogP) is 2.58. The van der Waals surface area contributed by atoms with E-state index in [1.807, 2.05) is 19.1 Å². The second kappa shape index (κ2) is 6.83. The summed E-state index contributed by atoms with van der Waals surface area (Å²) in [6.07, 6.45) is 1.54. The fourth-order valence-electron chi connectivity index (χ4n) is 2.15. The van der Waals surface area contributed by atoms with Crippen molar-refractivity contribution < 1.29 is 19.0 Å². The van der Waals surface area contributed by atoms with E-state index in [1.165, 1.54) is 0 Å². The van der Waals surface area contributed by atoms with E-state index in [0.29, 0.717) is 29.4 Å². The maximum absolute atomic E-state index is 12.2. The third-order valence-electron chi connectivity index (χ3n) is 3.21. The molecule has 0 saturated heterocycles. The molecule has 1 amide bonds. The molecule has 0 unspecified atom stereocenters. The minimum atomic E-state index is -0.328. The first kappa shape index (κ1) is 14.9. The lowest BCUT2D eigenvalue weighted by Crippen LogP contribution is -2.18. The van der Waals surface area contributed by atoms with Gasteiger partial charge in [-0.15, -0.1) is 0 Å². The molecule has 1 N–H and O–H groups in total. The summed E-state index contributed by atoms with van der Waals surface area (Å²) in [6.45, 7) is 2.58. The number of amides is 1. The molecular formula is C17H16N2O4. The maximum atomic E-state index is 12.2. The van der Waals surface area contributed by atoms with Gasteiger partial charge in [-0.05, 0) is 42.8 Å². The lowest BCUT2D eigenvalue weighted by Gasteiger charge is -2.08. The van der Waals surface area contributed by atoms with Gasteiger partial charge in [-0.2, -0.15) is 5.10 Å². The molecule has 2 aromatic carbocycles. The van der Waals surface area contributed by atoms with Gasteiger partial charge in [-0.3, -0.25) is 4.79 Å². The van der Waals surface area contributed by atoms with E-state index in [9.17, 15) is 4.79 Å². The van der Waals surface area contributed by atoms with Gasteiger partial charge in [0.1, 0.15) is 5.75 Å². The molecule has 6 nitrogen and oxygen atoms in total. The number of nitrogens with one attached hydrogen (secondary N) is 1. The molecule has 0 fully saturated rings. The minimum absolute atomic E-state index is 0.223. The molecule has 2 aromatic rings. The minimum Gasteiger partial charge on any atom is -0.493 e. The molecule has 1 heterocycles. The highest BCUT2D eigenvalue weighted by Gasteiger charge is 2.13. The highest BCUT2D eigenvalue weighted by atomic mass is 16.7. The summed E-state index contributed by atoms with van der Waals surface area (Å²) < 4.78 is 16.0. The van der Waals surface area contributed by atoms with Crippen LogP contribution in [0.4, 0.5) is 0 Å². The lowest BCUT2D eigenvalue weighted by atomic mass is 10.2. The van der Waals surface area contributed by atoms with E-state index >= 15 is 0 Å². The van der Waals surface area contributed by atoms with E-state index < -0.39 is 0 Å². The van der Waals surface area contributed by atoms with Crippen molar-refractivity contribution in [2.45, 2.75) is 6.92 Å². The smallest absolute Gasteiger partial charge is 0.275 e. The number of hydrogen-bond acceptors (Lipinski definition) is 5. The van der Waals surface area contributed by atoms with E-state index in [4.69, 9.17) is 14.2 Å². The van der Waals surface area contributed by atoms with Gasteiger partial charge < -0.3 is 14.2 Å². The number of hydrazone groups is 1. The van der Waals surface area contributed by atoms with Crippen molar-refractivity contribution >= 4 is 12.1 Å². The van der Waals surface area contributed by atoms with Gasteiger partial charge in [0.05, 0.1) is 18.4 Å². The van der Waals surface area contributed by atoms with Crippen LogP contribution < -0.4 is 19.6 Å². The number of rotatable bonds is 5. The second-order valence-corrected chi connectivity index (χ2v) is 4.74. The van der Waals surface area contributed by atoms with Crippen LogP contribution in [0.25, 0.3) is 0 Å². The van der Waals surface area contributed by atoms with Crippen LogP contribution in [-0.2, 0) is 0 Å². The number of para-hydroxylation sites is 1. The Labute approximate surface area is 133 Å². The molecule has 0 atom stereocenters. The quantitative estimate of drug-likeness (QED) is 0.680. The number of nitrogens with zero attached hydrogens (tertiary/aromatic N) is 1. The highest BCUT2D eigenvalue weighted by molar-refractivity contribution is 5.97. The third-order valence-corrected chi connectivity index (χ3v) is 3.21. The molecule has 0 bridgehead atoms. The van der Waals surface area contributed by atoms with Crippen LogP contribution in [0.3, 0.4) is 0 Å². The van der Waals surface area contributed by atoms with Gasteiger partial charge in [0.25, 0.3) is 5.91 Å². The van der Waals surface area contributed by atoms with Gasteiger partial charge in [-0.1, -0.05) is 12.1 Å². The molecule has 0 aliphatic carbocycles. The zero-order valence-corrected chi connectivity index (χ0v) is 12.6. The van der Waals surface area contributed by atoms with Gasteiger partial charge in [0, 0.05) is 0 Å². The van der Waals surface area contributed by atoms with Crippen molar-refractivity contribution in [3.05, 3.63) is 53.6 Å². The zero-order valence-electron chi connectivity index (χ0n) is 12.6. The summed E-state index contributed by atoms with van der Waals surface area (Å²) in [5, 5.41) is 3.97. The molecule has 0 saturated carbocycles. The Morgan fingerprint density at radius 2 is 2.09 bits per heavy atom. The van der Waals surface area contributed by atoms with Crippen molar-refractivity contribution in [1.82, 2.24) is 5.43 Å². The predicted molar refractivity (Wildman–Crippen MR) is 85.2 cm³/mol. The third kappa shape index (κ3) is 3.42. The van der Waals surface area contributed by atoms with E-state index in [-0.39, 0.29) is 12.7 Å². The van der Waals surface area contributed by atoms with E-state index in [1.54, 1.807) is 36.5 Å². The van der Waals surface area contributed by atoms with Crippen LogP contribution in [0.1, 0.15) is 22.8 Å². The van der Waals surface area contributed by atoms with Gasteiger partial charge in [0.15, 0.2) is 11.5 Å². The first-order chi connectivity index (χ1) is 11.3. The molecule has 118 valence electrons. The molecule has 23 heavy (non-hydrogen) atoms. The van der Waals surface area contributed by atoms with Gasteiger partial charge in [-0.25, -0.2) is 5.43 Å². The SMILES string of the molecule is CCOc1ccccc1C(=O)NN=Cc1ccc2c(c1)OCO2.